The van der Waals surface area contributed by atoms with Crippen molar-refractivity contribution in [2.24, 2.45) is 4.99 Å². The molecule has 0 aromatic heterocycles. The van der Waals surface area contributed by atoms with Gasteiger partial charge in [0.25, 0.3) is 0 Å². The number of benzene rings is 2. The van der Waals surface area contributed by atoms with Gasteiger partial charge in [-0.2, -0.15) is 0 Å². The molecule has 2 aromatic carbocycles. The van der Waals surface area contributed by atoms with Gasteiger partial charge in [0.1, 0.15) is 5.75 Å². The number of phenolic OH excluding ortho intramolecular Hbond substituents is 1. The van der Waals surface area contributed by atoms with Crippen molar-refractivity contribution in [2.45, 2.75) is 6.92 Å². The summed E-state index contributed by atoms with van der Waals surface area (Å²) >= 11 is 9.28. The monoisotopic (exact) mass is 323 g/mol. The highest BCUT2D eigenvalue weighted by atomic mass is 79.9. The topological polar surface area (TPSA) is 32.6 Å². The molecular formula is C14H11BrClNO. The van der Waals surface area contributed by atoms with Crippen LogP contribution in [0.3, 0.4) is 0 Å². The first-order chi connectivity index (χ1) is 8.56. The van der Waals surface area contributed by atoms with E-state index in [2.05, 4.69) is 20.9 Å². The summed E-state index contributed by atoms with van der Waals surface area (Å²) in [6, 6.07) is 10.7. The van der Waals surface area contributed by atoms with Crippen molar-refractivity contribution in [1.82, 2.24) is 0 Å². The lowest BCUT2D eigenvalue weighted by atomic mass is 10.2. The van der Waals surface area contributed by atoms with Crippen LogP contribution in [0.25, 0.3) is 0 Å². The van der Waals surface area contributed by atoms with E-state index in [4.69, 9.17) is 11.6 Å². The van der Waals surface area contributed by atoms with Crippen molar-refractivity contribution in [1.29, 1.82) is 0 Å². The number of rotatable bonds is 2. The van der Waals surface area contributed by atoms with Gasteiger partial charge in [0.15, 0.2) is 0 Å². The average molecular weight is 325 g/mol. The number of aromatic hydroxyl groups is 1. The van der Waals surface area contributed by atoms with Gasteiger partial charge >= 0.3 is 0 Å². The molecule has 0 aliphatic heterocycles. The van der Waals surface area contributed by atoms with Crippen molar-refractivity contribution in [2.75, 3.05) is 0 Å². The molecule has 0 saturated carbocycles. The molecule has 4 heteroatoms. The van der Waals surface area contributed by atoms with Crippen LogP contribution in [0.2, 0.25) is 5.02 Å². The molecule has 0 saturated heterocycles. The molecule has 0 amide bonds. The van der Waals surface area contributed by atoms with E-state index in [1.54, 1.807) is 30.5 Å². The van der Waals surface area contributed by atoms with Gasteiger partial charge < -0.3 is 5.11 Å². The lowest BCUT2D eigenvalue weighted by Gasteiger charge is -2.02. The lowest BCUT2D eigenvalue weighted by molar-refractivity contribution is 0.474. The minimum Gasteiger partial charge on any atom is -0.507 e. The van der Waals surface area contributed by atoms with Crippen LogP contribution in [-0.2, 0) is 0 Å². The third kappa shape index (κ3) is 3.12. The molecule has 18 heavy (non-hydrogen) atoms. The number of phenols is 1. The predicted molar refractivity (Wildman–Crippen MR) is 79.2 cm³/mol. The van der Waals surface area contributed by atoms with Crippen molar-refractivity contribution < 1.29 is 5.11 Å². The van der Waals surface area contributed by atoms with Gasteiger partial charge in [-0.3, -0.25) is 4.99 Å². The van der Waals surface area contributed by atoms with Crippen LogP contribution in [0.15, 0.2) is 45.9 Å². The zero-order chi connectivity index (χ0) is 13.1. The molecule has 0 radical (unpaired) electrons. The fourth-order valence-corrected chi connectivity index (χ4v) is 2.03. The molecular weight excluding hydrogens is 314 g/mol. The quantitative estimate of drug-likeness (QED) is 0.786. The van der Waals surface area contributed by atoms with Crippen molar-refractivity contribution in [3.63, 3.8) is 0 Å². The van der Waals surface area contributed by atoms with Gasteiger partial charge in [-0.25, -0.2) is 0 Å². The normalized spacial score (nSPS) is 11.1. The van der Waals surface area contributed by atoms with Gasteiger partial charge in [0.2, 0.25) is 0 Å². The Bertz CT molecular complexity index is 557. The zero-order valence-electron chi connectivity index (χ0n) is 9.69. The Morgan fingerprint density at radius 2 is 2.00 bits per heavy atom. The van der Waals surface area contributed by atoms with E-state index < -0.39 is 0 Å². The van der Waals surface area contributed by atoms with E-state index in [9.17, 15) is 5.11 Å². The Hall–Kier alpha value is -1.32. The van der Waals surface area contributed by atoms with Gasteiger partial charge in [-0.1, -0.05) is 33.6 Å². The number of hydrogen-bond acceptors (Lipinski definition) is 2. The molecule has 0 bridgehead atoms. The summed E-state index contributed by atoms with van der Waals surface area (Å²) in [5.74, 6) is 0.196. The summed E-state index contributed by atoms with van der Waals surface area (Å²) in [6.07, 6.45) is 1.62. The Labute approximate surface area is 119 Å². The van der Waals surface area contributed by atoms with E-state index >= 15 is 0 Å². The number of aryl methyl sites for hydroxylation is 1. The van der Waals surface area contributed by atoms with E-state index in [0.717, 1.165) is 15.7 Å². The number of halogens is 2. The lowest BCUT2D eigenvalue weighted by Crippen LogP contribution is -1.83. The molecule has 92 valence electrons. The Morgan fingerprint density at radius 1 is 1.22 bits per heavy atom. The predicted octanol–water partition coefficient (Wildman–Crippen LogP) is 4.87. The maximum absolute atomic E-state index is 9.70. The van der Waals surface area contributed by atoms with Crippen LogP contribution in [0, 0.1) is 6.92 Å². The van der Waals surface area contributed by atoms with E-state index in [-0.39, 0.29) is 5.75 Å². The average Bonchev–Trinajstić information content (AvgIpc) is 2.34. The Kier molecular flexibility index (Phi) is 4.04. The molecule has 0 heterocycles. The van der Waals surface area contributed by atoms with Crippen LogP contribution < -0.4 is 0 Å². The van der Waals surface area contributed by atoms with Crippen LogP contribution in [0.5, 0.6) is 5.75 Å². The van der Waals surface area contributed by atoms with Crippen LogP contribution in [0.4, 0.5) is 5.69 Å². The third-order valence-corrected chi connectivity index (χ3v) is 3.23. The smallest absolute Gasteiger partial charge is 0.124 e. The number of aliphatic imine (C=N–C) groups is 1. The molecule has 0 unspecified atom stereocenters. The first-order valence-corrected chi connectivity index (χ1v) is 6.52. The summed E-state index contributed by atoms with van der Waals surface area (Å²) in [4.78, 5) is 4.35. The second-order valence-corrected chi connectivity index (χ2v) is 5.24. The van der Waals surface area contributed by atoms with Gasteiger partial charge in [-0.15, -0.1) is 0 Å². The largest absolute Gasteiger partial charge is 0.507 e. The molecule has 1 N–H and O–H groups in total. The summed E-state index contributed by atoms with van der Waals surface area (Å²) in [7, 11) is 0. The fourth-order valence-electron chi connectivity index (χ4n) is 1.49. The molecule has 2 aromatic rings. The van der Waals surface area contributed by atoms with Crippen LogP contribution >= 0.6 is 27.5 Å². The highest BCUT2D eigenvalue weighted by Gasteiger charge is 2.00. The summed E-state index contributed by atoms with van der Waals surface area (Å²) in [5.41, 5.74) is 2.48. The molecule has 0 aliphatic carbocycles. The summed E-state index contributed by atoms with van der Waals surface area (Å²) in [6.45, 7) is 1.96. The third-order valence-electron chi connectivity index (χ3n) is 2.50. The highest BCUT2D eigenvalue weighted by Crippen LogP contribution is 2.25. The van der Waals surface area contributed by atoms with Crippen molar-refractivity contribution in [3.05, 3.63) is 57.0 Å². The van der Waals surface area contributed by atoms with E-state index in [1.165, 1.54) is 0 Å². The second-order valence-electron chi connectivity index (χ2n) is 3.89. The fraction of sp³-hybridized carbons (Fsp3) is 0.0714. The summed E-state index contributed by atoms with van der Waals surface area (Å²) < 4.78 is 0.893. The second kappa shape index (κ2) is 5.55. The zero-order valence-corrected chi connectivity index (χ0v) is 12.0. The maximum Gasteiger partial charge on any atom is 0.124 e. The SMILES string of the molecule is Cc1ccc(Cl)cc1N=Cc1cc(Br)ccc1O. The maximum atomic E-state index is 9.70. The Balaban J connectivity index is 2.35. The molecule has 2 nitrogen and oxygen atoms in total. The van der Waals surface area contributed by atoms with Crippen molar-refractivity contribution >= 4 is 39.4 Å². The van der Waals surface area contributed by atoms with Gasteiger partial charge in [0, 0.05) is 21.3 Å². The first kappa shape index (κ1) is 13.1. The minimum atomic E-state index is 0.196. The molecule has 0 aliphatic rings. The molecule has 0 fully saturated rings. The van der Waals surface area contributed by atoms with E-state index in [0.29, 0.717) is 10.6 Å². The molecule has 0 atom stereocenters. The highest BCUT2D eigenvalue weighted by molar-refractivity contribution is 9.10. The van der Waals surface area contributed by atoms with Crippen LogP contribution in [0.1, 0.15) is 11.1 Å². The standard InChI is InChI=1S/C14H11BrClNO/c1-9-2-4-12(16)7-13(9)17-8-10-6-11(15)3-5-14(10)18/h2-8,18H,1H3. The summed E-state index contributed by atoms with van der Waals surface area (Å²) in [5, 5.41) is 10.3. The Morgan fingerprint density at radius 3 is 2.78 bits per heavy atom. The van der Waals surface area contributed by atoms with Crippen molar-refractivity contribution in [3.8, 4) is 5.75 Å². The van der Waals surface area contributed by atoms with Gasteiger partial charge in [0.05, 0.1) is 5.69 Å². The van der Waals surface area contributed by atoms with E-state index in [1.807, 2.05) is 19.1 Å². The number of hydrogen-bond donors (Lipinski definition) is 1. The molecule has 2 rings (SSSR count). The molecule has 0 spiro atoms. The van der Waals surface area contributed by atoms with Gasteiger partial charge in [-0.05, 0) is 42.8 Å². The minimum absolute atomic E-state index is 0.196. The van der Waals surface area contributed by atoms with Crippen LogP contribution in [-0.4, -0.2) is 11.3 Å². The number of nitrogens with zero attached hydrogens (tertiary/aromatic N) is 1. The first-order valence-electron chi connectivity index (χ1n) is 5.35.